The highest BCUT2D eigenvalue weighted by Gasteiger charge is 2.30. The number of carbonyl (C=O) groups excluding carboxylic acids is 1. The molecule has 0 radical (unpaired) electrons. The Kier molecular flexibility index (Phi) is 6.58. The van der Waals surface area contributed by atoms with Crippen LogP contribution >= 0.6 is 23.2 Å². The zero-order valence-corrected chi connectivity index (χ0v) is 19.8. The van der Waals surface area contributed by atoms with Crippen molar-refractivity contribution in [2.45, 2.75) is 52.0 Å². The Hall–Kier alpha value is -2.05. The number of carbonyl (C=O) groups is 1. The predicted molar refractivity (Wildman–Crippen MR) is 125 cm³/mol. The van der Waals surface area contributed by atoms with E-state index < -0.39 is 0 Å². The number of urea groups is 1. The molecule has 8 heteroatoms. The van der Waals surface area contributed by atoms with E-state index in [0.717, 1.165) is 54.4 Å². The highest BCUT2D eigenvalue weighted by atomic mass is 35.5. The first-order valence-corrected chi connectivity index (χ1v) is 11.7. The summed E-state index contributed by atoms with van der Waals surface area (Å²) in [5.41, 5.74) is 3.10. The first kappa shape index (κ1) is 22.2. The molecule has 1 saturated carbocycles. The lowest BCUT2D eigenvalue weighted by Crippen LogP contribution is -2.53. The number of nitrogens with zero attached hydrogens (tertiary/aromatic N) is 4. The van der Waals surface area contributed by atoms with E-state index in [1.807, 2.05) is 30.9 Å². The van der Waals surface area contributed by atoms with E-state index >= 15 is 0 Å². The van der Waals surface area contributed by atoms with Crippen LogP contribution in [0.3, 0.4) is 0 Å². The van der Waals surface area contributed by atoms with Gasteiger partial charge in [0.05, 0.1) is 0 Å². The van der Waals surface area contributed by atoms with Crippen LogP contribution in [0.25, 0.3) is 0 Å². The molecule has 1 aromatic heterocycles. The van der Waals surface area contributed by atoms with Gasteiger partial charge in [-0.05, 0) is 51.3 Å². The summed E-state index contributed by atoms with van der Waals surface area (Å²) in [7, 11) is 0. The van der Waals surface area contributed by atoms with Crippen LogP contribution in [-0.4, -0.2) is 53.1 Å². The summed E-state index contributed by atoms with van der Waals surface area (Å²) in [5, 5.41) is 4.26. The van der Waals surface area contributed by atoms with Crippen molar-refractivity contribution in [2.75, 3.05) is 31.1 Å². The Morgan fingerprint density at radius 2 is 1.87 bits per heavy atom. The maximum Gasteiger partial charge on any atom is 0.317 e. The second-order valence-electron chi connectivity index (χ2n) is 8.73. The molecule has 1 saturated heterocycles. The molecule has 2 aromatic rings. The molecule has 166 valence electrons. The Labute approximate surface area is 193 Å². The number of hydrogen-bond donors (Lipinski definition) is 1. The maximum absolute atomic E-state index is 12.4. The van der Waals surface area contributed by atoms with E-state index in [4.69, 9.17) is 33.2 Å². The van der Waals surface area contributed by atoms with E-state index in [2.05, 4.69) is 17.1 Å². The van der Waals surface area contributed by atoms with Crippen molar-refractivity contribution >= 4 is 35.1 Å². The monoisotopic (exact) mass is 461 g/mol. The van der Waals surface area contributed by atoms with E-state index in [9.17, 15) is 4.79 Å². The van der Waals surface area contributed by atoms with Gasteiger partial charge in [0.1, 0.15) is 11.6 Å². The summed E-state index contributed by atoms with van der Waals surface area (Å²) < 4.78 is 0. The average Bonchev–Trinajstić information content (AvgIpc) is 3.56. The van der Waals surface area contributed by atoms with E-state index in [1.165, 1.54) is 0 Å². The minimum atomic E-state index is 0.000331. The normalized spacial score (nSPS) is 16.7. The van der Waals surface area contributed by atoms with Crippen LogP contribution in [-0.2, 0) is 6.42 Å². The fraction of sp³-hybridized carbons (Fsp3) is 0.522. The van der Waals surface area contributed by atoms with Crippen molar-refractivity contribution in [1.29, 1.82) is 0 Å². The van der Waals surface area contributed by atoms with Gasteiger partial charge in [0.15, 0.2) is 0 Å². The fourth-order valence-electron chi connectivity index (χ4n) is 3.91. The van der Waals surface area contributed by atoms with Crippen LogP contribution in [0, 0.1) is 6.92 Å². The molecule has 0 bridgehead atoms. The SMILES string of the molecule is Cc1nc(C2CC2)nc(N2CCN(C(=O)NC(C)C)CC2)c1Cc1ccc(Cl)cc1Cl. The molecule has 4 rings (SSSR count). The van der Waals surface area contributed by atoms with E-state index in [0.29, 0.717) is 35.5 Å². The molecule has 0 atom stereocenters. The molecule has 1 aliphatic heterocycles. The molecule has 2 heterocycles. The largest absolute Gasteiger partial charge is 0.353 e. The molecule has 1 aliphatic carbocycles. The van der Waals surface area contributed by atoms with Crippen LogP contribution in [0.4, 0.5) is 10.6 Å². The lowest BCUT2D eigenvalue weighted by Gasteiger charge is -2.37. The zero-order valence-electron chi connectivity index (χ0n) is 18.3. The highest BCUT2D eigenvalue weighted by Crippen LogP contribution is 2.40. The summed E-state index contributed by atoms with van der Waals surface area (Å²) in [5.74, 6) is 2.39. The Bertz CT molecular complexity index is 969. The topological polar surface area (TPSA) is 61.4 Å². The number of halogens is 2. The van der Waals surface area contributed by atoms with Crippen LogP contribution in [0.1, 0.15) is 55.3 Å². The van der Waals surface area contributed by atoms with Crippen molar-refractivity contribution in [2.24, 2.45) is 0 Å². The lowest BCUT2D eigenvalue weighted by molar-refractivity contribution is 0.191. The number of piperazine rings is 1. The molecule has 2 aliphatic rings. The van der Waals surface area contributed by atoms with Crippen molar-refractivity contribution in [3.05, 3.63) is 50.9 Å². The van der Waals surface area contributed by atoms with Crippen LogP contribution in [0.15, 0.2) is 18.2 Å². The smallest absolute Gasteiger partial charge is 0.317 e. The summed E-state index contributed by atoms with van der Waals surface area (Å²) in [6.07, 6.45) is 2.96. The molecule has 1 aromatic carbocycles. The first-order valence-electron chi connectivity index (χ1n) is 10.9. The summed E-state index contributed by atoms with van der Waals surface area (Å²) in [4.78, 5) is 26.4. The molecule has 6 nitrogen and oxygen atoms in total. The quantitative estimate of drug-likeness (QED) is 0.694. The second kappa shape index (κ2) is 9.21. The summed E-state index contributed by atoms with van der Waals surface area (Å²) in [6, 6.07) is 5.74. The van der Waals surface area contributed by atoms with Gasteiger partial charge >= 0.3 is 6.03 Å². The van der Waals surface area contributed by atoms with Crippen LogP contribution < -0.4 is 10.2 Å². The van der Waals surface area contributed by atoms with Gasteiger partial charge in [-0.1, -0.05) is 29.3 Å². The molecule has 0 unspecified atom stereocenters. The third kappa shape index (κ3) is 5.24. The molecule has 0 spiro atoms. The number of amides is 2. The lowest BCUT2D eigenvalue weighted by atomic mass is 10.0. The Morgan fingerprint density at radius 3 is 2.48 bits per heavy atom. The van der Waals surface area contributed by atoms with Crippen molar-refractivity contribution in [1.82, 2.24) is 20.2 Å². The average molecular weight is 462 g/mol. The molecule has 2 fully saturated rings. The minimum absolute atomic E-state index is 0.000331. The molecular weight excluding hydrogens is 433 g/mol. The summed E-state index contributed by atoms with van der Waals surface area (Å²) in [6.45, 7) is 8.84. The number of anilines is 1. The maximum atomic E-state index is 12.4. The van der Waals surface area contributed by atoms with Gasteiger partial charge in [-0.15, -0.1) is 0 Å². The van der Waals surface area contributed by atoms with Crippen molar-refractivity contribution < 1.29 is 4.79 Å². The number of rotatable bonds is 5. The third-order valence-corrected chi connectivity index (χ3v) is 6.40. The Morgan fingerprint density at radius 1 is 1.16 bits per heavy atom. The Balaban J connectivity index is 1.59. The number of nitrogens with one attached hydrogen (secondary N) is 1. The standard InChI is InChI=1S/C23H29Cl2N5O/c1-14(2)26-23(31)30-10-8-29(9-11-30)22-19(12-17-6-7-18(24)13-20(17)25)15(3)27-21(28-22)16-4-5-16/h6-7,13-14,16H,4-5,8-12H2,1-3H3,(H,26,31). The number of aromatic nitrogens is 2. The first-order chi connectivity index (χ1) is 14.8. The molecule has 1 N–H and O–H groups in total. The van der Waals surface area contributed by atoms with Gasteiger partial charge in [-0.2, -0.15) is 0 Å². The van der Waals surface area contributed by atoms with E-state index in [-0.39, 0.29) is 12.1 Å². The van der Waals surface area contributed by atoms with E-state index in [1.54, 1.807) is 6.07 Å². The molecule has 31 heavy (non-hydrogen) atoms. The number of aryl methyl sites for hydroxylation is 1. The summed E-state index contributed by atoms with van der Waals surface area (Å²) >= 11 is 12.5. The fourth-order valence-corrected chi connectivity index (χ4v) is 4.39. The third-order valence-electron chi connectivity index (χ3n) is 5.81. The minimum Gasteiger partial charge on any atom is -0.353 e. The van der Waals surface area contributed by atoms with Gasteiger partial charge in [-0.3, -0.25) is 0 Å². The van der Waals surface area contributed by atoms with Gasteiger partial charge < -0.3 is 15.1 Å². The highest BCUT2D eigenvalue weighted by molar-refractivity contribution is 6.35. The zero-order chi connectivity index (χ0) is 22.1. The van der Waals surface area contributed by atoms with Crippen molar-refractivity contribution in [3.63, 3.8) is 0 Å². The number of hydrogen-bond acceptors (Lipinski definition) is 4. The van der Waals surface area contributed by atoms with Gasteiger partial charge in [-0.25, -0.2) is 14.8 Å². The second-order valence-corrected chi connectivity index (χ2v) is 9.58. The predicted octanol–water partition coefficient (Wildman–Crippen LogP) is 4.80. The van der Waals surface area contributed by atoms with Crippen molar-refractivity contribution in [3.8, 4) is 0 Å². The van der Waals surface area contributed by atoms with Crippen LogP contribution in [0.2, 0.25) is 10.0 Å². The van der Waals surface area contributed by atoms with Gasteiger partial charge in [0, 0.05) is 65.9 Å². The van der Waals surface area contributed by atoms with Crippen LogP contribution in [0.5, 0.6) is 0 Å². The molecule has 2 amide bonds. The number of benzene rings is 1. The van der Waals surface area contributed by atoms with Gasteiger partial charge in [0.2, 0.25) is 0 Å². The molecular formula is C23H29Cl2N5O. The van der Waals surface area contributed by atoms with Gasteiger partial charge in [0.25, 0.3) is 0 Å².